The number of hydrogen-bond donors (Lipinski definition) is 1. The van der Waals surface area contributed by atoms with Gasteiger partial charge in [0, 0.05) is 7.05 Å². The molecule has 0 aliphatic heterocycles. The molecule has 1 heterocycles. The van der Waals surface area contributed by atoms with Crippen molar-refractivity contribution in [2.24, 2.45) is 0 Å². The van der Waals surface area contributed by atoms with Gasteiger partial charge in [0.05, 0.1) is 5.52 Å². The molecule has 5 heteroatoms. The van der Waals surface area contributed by atoms with Gasteiger partial charge < -0.3 is 5.32 Å². The van der Waals surface area contributed by atoms with Crippen molar-refractivity contribution in [2.45, 2.75) is 19.4 Å². The van der Waals surface area contributed by atoms with Crippen LogP contribution in [-0.4, -0.2) is 27.9 Å². The van der Waals surface area contributed by atoms with Gasteiger partial charge in [0.25, 0.3) is 0 Å². The van der Waals surface area contributed by atoms with Crippen LogP contribution in [0.4, 0.5) is 0 Å². The highest BCUT2D eigenvalue weighted by Gasteiger charge is 2.20. The molecule has 16 heavy (non-hydrogen) atoms. The smallest absolute Gasteiger partial charge is 0.244 e. The molecule has 0 fully saturated rings. The van der Waals surface area contributed by atoms with Crippen LogP contribution in [0.2, 0.25) is 0 Å². The zero-order chi connectivity index (χ0) is 11.5. The number of fused-ring (bicyclic) bond motifs is 1. The van der Waals surface area contributed by atoms with E-state index in [1.807, 2.05) is 31.2 Å². The van der Waals surface area contributed by atoms with Crippen LogP contribution in [0.5, 0.6) is 0 Å². The van der Waals surface area contributed by atoms with E-state index in [1.165, 1.54) is 0 Å². The first-order valence-corrected chi connectivity index (χ1v) is 5.29. The van der Waals surface area contributed by atoms with E-state index in [-0.39, 0.29) is 11.9 Å². The molecule has 2 rings (SSSR count). The SMILES string of the molecule is CCC(C(=O)NC)n1nnc2ccccc21. The van der Waals surface area contributed by atoms with E-state index in [9.17, 15) is 4.79 Å². The second-order valence-corrected chi connectivity index (χ2v) is 3.56. The molecule has 1 atom stereocenters. The summed E-state index contributed by atoms with van der Waals surface area (Å²) in [5, 5.41) is 10.7. The molecule has 0 spiro atoms. The molecular weight excluding hydrogens is 204 g/mol. The highest BCUT2D eigenvalue weighted by atomic mass is 16.2. The van der Waals surface area contributed by atoms with Crippen LogP contribution in [0.1, 0.15) is 19.4 Å². The second kappa shape index (κ2) is 4.30. The predicted octanol–water partition coefficient (Wildman–Crippen LogP) is 1.13. The minimum absolute atomic E-state index is 0.0434. The topological polar surface area (TPSA) is 59.8 Å². The van der Waals surface area contributed by atoms with Crippen molar-refractivity contribution >= 4 is 16.9 Å². The van der Waals surface area contributed by atoms with E-state index >= 15 is 0 Å². The predicted molar refractivity (Wildman–Crippen MR) is 60.9 cm³/mol. The van der Waals surface area contributed by atoms with Crippen molar-refractivity contribution in [1.82, 2.24) is 20.3 Å². The number of nitrogens with zero attached hydrogens (tertiary/aromatic N) is 3. The number of benzene rings is 1. The van der Waals surface area contributed by atoms with E-state index in [4.69, 9.17) is 0 Å². The number of carbonyl (C=O) groups is 1. The molecule has 0 aliphatic carbocycles. The largest absolute Gasteiger partial charge is 0.357 e. The molecule has 0 aliphatic rings. The lowest BCUT2D eigenvalue weighted by Crippen LogP contribution is -2.30. The van der Waals surface area contributed by atoms with Crippen molar-refractivity contribution in [1.29, 1.82) is 0 Å². The second-order valence-electron chi connectivity index (χ2n) is 3.56. The highest BCUT2D eigenvalue weighted by molar-refractivity contribution is 5.82. The zero-order valence-electron chi connectivity index (χ0n) is 9.34. The number of likely N-dealkylation sites (N-methyl/N-ethyl adjacent to an activating group) is 1. The van der Waals surface area contributed by atoms with Gasteiger partial charge in [-0.1, -0.05) is 24.3 Å². The maximum absolute atomic E-state index is 11.7. The number of nitrogens with one attached hydrogen (secondary N) is 1. The summed E-state index contributed by atoms with van der Waals surface area (Å²) >= 11 is 0. The summed E-state index contributed by atoms with van der Waals surface area (Å²) in [6.07, 6.45) is 0.688. The van der Waals surface area contributed by atoms with Crippen molar-refractivity contribution < 1.29 is 4.79 Å². The molecule has 1 N–H and O–H groups in total. The van der Waals surface area contributed by atoms with Gasteiger partial charge in [-0.05, 0) is 18.6 Å². The lowest BCUT2D eigenvalue weighted by Gasteiger charge is -2.13. The summed E-state index contributed by atoms with van der Waals surface area (Å²) in [7, 11) is 1.63. The van der Waals surface area contributed by atoms with E-state index in [1.54, 1.807) is 11.7 Å². The van der Waals surface area contributed by atoms with E-state index in [2.05, 4.69) is 15.6 Å². The van der Waals surface area contributed by atoms with Crippen LogP contribution >= 0.6 is 0 Å². The summed E-state index contributed by atoms with van der Waals surface area (Å²) in [6.45, 7) is 1.95. The van der Waals surface area contributed by atoms with Gasteiger partial charge in [-0.25, -0.2) is 4.68 Å². The molecule has 0 saturated carbocycles. The van der Waals surface area contributed by atoms with Crippen LogP contribution in [-0.2, 0) is 4.79 Å². The first kappa shape index (κ1) is 10.6. The molecule has 84 valence electrons. The van der Waals surface area contributed by atoms with E-state index < -0.39 is 0 Å². The van der Waals surface area contributed by atoms with Gasteiger partial charge in [0.1, 0.15) is 11.6 Å². The fourth-order valence-corrected chi connectivity index (χ4v) is 1.75. The normalized spacial score (nSPS) is 12.6. The summed E-state index contributed by atoms with van der Waals surface area (Å²) in [6, 6.07) is 7.33. The average Bonchev–Trinajstić information content (AvgIpc) is 2.74. The summed E-state index contributed by atoms with van der Waals surface area (Å²) in [4.78, 5) is 11.7. The Morgan fingerprint density at radius 2 is 2.25 bits per heavy atom. The van der Waals surface area contributed by atoms with Gasteiger partial charge in [0.2, 0.25) is 5.91 Å². The lowest BCUT2D eigenvalue weighted by molar-refractivity contribution is -0.124. The fourth-order valence-electron chi connectivity index (χ4n) is 1.75. The van der Waals surface area contributed by atoms with Gasteiger partial charge in [0.15, 0.2) is 0 Å². The Kier molecular flexibility index (Phi) is 2.85. The Hall–Kier alpha value is -1.91. The number of aromatic nitrogens is 3. The third-order valence-electron chi connectivity index (χ3n) is 2.61. The molecule has 1 aromatic heterocycles. The van der Waals surface area contributed by atoms with Crippen molar-refractivity contribution in [3.63, 3.8) is 0 Å². The van der Waals surface area contributed by atoms with Gasteiger partial charge in [-0.2, -0.15) is 0 Å². The maximum Gasteiger partial charge on any atom is 0.244 e. The fraction of sp³-hybridized carbons (Fsp3) is 0.364. The molecule has 1 amide bonds. The molecule has 0 radical (unpaired) electrons. The molecular formula is C11H14N4O. The number of hydrogen-bond acceptors (Lipinski definition) is 3. The lowest BCUT2D eigenvalue weighted by atomic mass is 10.2. The summed E-state index contributed by atoms with van der Waals surface area (Å²) in [5.74, 6) is -0.0434. The van der Waals surface area contributed by atoms with Gasteiger partial charge in [-0.15, -0.1) is 5.10 Å². The number of carbonyl (C=O) groups excluding carboxylic acids is 1. The Bertz CT molecular complexity index is 505. The zero-order valence-corrected chi connectivity index (χ0v) is 9.34. The van der Waals surface area contributed by atoms with Crippen LogP contribution in [0.25, 0.3) is 11.0 Å². The Labute approximate surface area is 93.4 Å². The van der Waals surface area contributed by atoms with Crippen molar-refractivity contribution in [3.05, 3.63) is 24.3 Å². The monoisotopic (exact) mass is 218 g/mol. The highest BCUT2D eigenvalue weighted by Crippen LogP contribution is 2.17. The standard InChI is InChI=1S/C11H14N4O/c1-3-9(11(16)12-2)15-10-7-5-4-6-8(10)13-14-15/h4-7,9H,3H2,1-2H3,(H,12,16). The average molecular weight is 218 g/mol. The molecule has 2 aromatic rings. The van der Waals surface area contributed by atoms with Crippen LogP contribution in [0, 0.1) is 0 Å². The first-order valence-electron chi connectivity index (χ1n) is 5.29. The third kappa shape index (κ3) is 1.64. The van der Waals surface area contributed by atoms with E-state index in [0.717, 1.165) is 11.0 Å². The molecule has 5 nitrogen and oxygen atoms in total. The molecule has 1 aromatic carbocycles. The first-order chi connectivity index (χ1) is 7.77. The number of rotatable bonds is 3. The third-order valence-corrected chi connectivity index (χ3v) is 2.61. The Balaban J connectivity index is 2.49. The molecule has 0 bridgehead atoms. The van der Waals surface area contributed by atoms with Crippen molar-refractivity contribution in [2.75, 3.05) is 7.05 Å². The minimum atomic E-state index is -0.294. The maximum atomic E-state index is 11.7. The van der Waals surface area contributed by atoms with Gasteiger partial charge >= 0.3 is 0 Å². The van der Waals surface area contributed by atoms with Crippen LogP contribution in [0.3, 0.4) is 0 Å². The number of amides is 1. The number of para-hydroxylation sites is 1. The Morgan fingerprint density at radius 3 is 2.94 bits per heavy atom. The van der Waals surface area contributed by atoms with E-state index in [0.29, 0.717) is 6.42 Å². The van der Waals surface area contributed by atoms with Crippen LogP contribution in [0.15, 0.2) is 24.3 Å². The van der Waals surface area contributed by atoms with Crippen molar-refractivity contribution in [3.8, 4) is 0 Å². The molecule has 0 saturated heterocycles. The van der Waals surface area contributed by atoms with Gasteiger partial charge in [-0.3, -0.25) is 4.79 Å². The Morgan fingerprint density at radius 1 is 1.50 bits per heavy atom. The summed E-state index contributed by atoms with van der Waals surface area (Å²) < 4.78 is 1.67. The molecule has 1 unspecified atom stereocenters. The minimum Gasteiger partial charge on any atom is -0.357 e. The van der Waals surface area contributed by atoms with Crippen LogP contribution < -0.4 is 5.32 Å². The quantitative estimate of drug-likeness (QED) is 0.840. The summed E-state index contributed by atoms with van der Waals surface area (Å²) in [5.41, 5.74) is 1.70.